The second kappa shape index (κ2) is 20.1. The Labute approximate surface area is 353 Å². The molecule has 16 heteroatoms. The number of cyclic esters (lactones) is 1. The van der Waals surface area contributed by atoms with E-state index >= 15 is 0 Å². The third-order valence-corrected chi connectivity index (χ3v) is 11.0. The van der Waals surface area contributed by atoms with E-state index in [2.05, 4.69) is 16.0 Å². The zero-order valence-corrected chi connectivity index (χ0v) is 34.1. The number of rotatable bonds is 18. The van der Waals surface area contributed by atoms with Crippen LogP contribution < -0.4 is 34.9 Å². The summed E-state index contributed by atoms with van der Waals surface area (Å²) in [6, 6.07) is 25.2. The number of methoxy groups -OCH3 is 2. The number of aromatic hydroxyl groups is 1. The fraction of sp³-hybridized carbons (Fsp3) is 0.378. The van der Waals surface area contributed by atoms with Gasteiger partial charge in [-0.3, -0.25) is 9.59 Å². The standard InChI is InChI=1S/C45H50N4O12/c1-55-36-19-30(20-37(56-2)42(36)51)39-31-21-34-35(61-27-60-34)22-32(31)41(33-26-57-43(52)40(33)39)48-38(50)23-46-15-9-17-49(45(54)59-25-29-13-7-4-8-14-29)18-10-16-47-44(53)58-24-28-11-5-3-6-12-28/h3-8,11-14,19-22,33,39-41,46,51H,9-10,15-18,23-27H2,1-2H3,(H,47,53)(H,48,50). The highest BCUT2D eigenvalue weighted by Gasteiger charge is 2.53. The summed E-state index contributed by atoms with van der Waals surface area (Å²) in [5.41, 5.74) is 3.87. The van der Waals surface area contributed by atoms with Gasteiger partial charge in [0.2, 0.25) is 18.4 Å². The summed E-state index contributed by atoms with van der Waals surface area (Å²) in [6.45, 7) is 1.69. The van der Waals surface area contributed by atoms with Gasteiger partial charge in [0.25, 0.3) is 0 Å². The van der Waals surface area contributed by atoms with Crippen molar-refractivity contribution in [3.8, 4) is 28.7 Å². The highest BCUT2D eigenvalue weighted by Crippen LogP contribution is 2.55. The molecule has 1 saturated heterocycles. The first-order valence-electron chi connectivity index (χ1n) is 20.2. The van der Waals surface area contributed by atoms with Crippen molar-refractivity contribution in [1.29, 1.82) is 0 Å². The molecular weight excluding hydrogens is 789 g/mol. The van der Waals surface area contributed by atoms with Crippen LogP contribution in [0.2, 0.25) is 0 Å². The van der Waals surface area contributed by atoms with Crippen LogP contribution in [0.4, 0.5) is 9.59 Å². The number of benzene rings is 4. The summed E-state index contributed by atoms with van der Waals surface area (Å²) in [7, 11) is 2.87. The van der Waals surface area contributed by atoms with Gasteiger partial charge in [0, 0.05) is 31.5 Å². The molecule has 322 valence electrons. The van der Waals surface area contributed by atoms with Crippen LogP contribution in [0.15, 0.2) is 84.9 Å². The Morgan fingerprint density at radius 2 is 1.39 bits per heavy atom. The maximum Gasteiger partial charge on any atom is 0.410 e. The van der Waals surface area contributed by atoms with Crippen LogP contribution in [0.3, 0.4) is 0 Å². The van der Waals surface area contributed by atoms with Crippen LogP contribution in [0.5, 0.6) is 28.7 Å². The molecule has 4 N–H and O–H groups in total. The third-order valence-electron chi connectivity index (χ3n) is 11.0. The number of alkyl carbamates (subject to hydrolysis) is 1. The zero-order valence-electron chi connectivity index (χ0n) is 34.1. The minimum Gasteiger partial charge on any atom is -0.502 e. The number of nitrogens with zero attached hydrogens (tertiary/aromatic N) is 1. The van der Waals surface area contributed by atoms with Crippen molar-refractivity contribution in [3.05, 3.63) is 113 Å². The predicted octanol–water partition coefficient (Wildman–Crippen LogP) is 5.17. The first-order valence-corrected chi connectivity index (χ1v) is 20.2. The Hall–Kier alpha value is -6.68. The second-order valence-corrected chi connectivity index (χ2v) is 14.9. The van der Waals surface area contributed by atoms with E-state index in [1.165, 1.54) is 14.2 Å². The molecule has 0 aromatic heterocycles. The van der Waals surface area contributed by atoms with E-state index in [-0.39, 0.29) is 62.9 Å². The Balaban J connectivity index is 0.964. The lowest BCUT2D eigenvalue weighted by molar-refractivity contribution is -0.141. The monoisotopic (exact) mass is 838 g/mol. The van der Waals surface area contributed by atoms with Crippen molar-refractivity contribution in [3.63, 3.8) is 0 Å². The molecule has 0 bridgehead atoms. The third kappa shape index (κ3) is 10.2. The van der Waals surface area contributed by atoms with Gasteiger partial charge in [-0.15, -0.1) is 0 Å². The normalized spacial score (nSPS) is 18.2. The fourth-order valence-electron chi connectivity index (χ4n) is 8.00. The van der Waals surface area contributed by atoms with Crippen molar-refractivity contribution in [2.45, 2.75) is 38.0 Å². The Kier molecular flexibility index (Phi) is 14.0. The average molecular weight is 839 g/mol. The van der Waals surface area contributed by atoms with Crippen LogP contribution in [0.25, 0.3) is 0 Å². The van der Waals surface area contributed by atoms with Gasteiger partial charge in [0.15, 0.2) is 23.0 Å². The summed E-state index contributed by atoms with van der Waals surface area (Å²) in [5, 5.41) is 19.7. The van der Waals surface area contributed by atoms with Gasteiger partial charge < -0.3 is 59.1 Å². The van der Waals surface area contributed by atoms with Gasteiger partial charge in [-0.25, -0.2) is 9.59 Å². The Morgan fingerprint density at radius 1 is 0.787 bits per heavy atom. The highest BCUT2D eigenvalue weighted by atomic mass is 16.7. The summed E-state index contributed by atoms with van der Waals surface area (Å²) in [4.78, 5) is 54.2. The molecule has 3 amide bonds. The molecule has 7 rings (SSSR count). The number of hydrogen-bond acceptors (Lipinski definition) is 13. The maximum absolute atomic E-state index is 13.6. The largest absolute Gasteiger partial charge is 0.502 e. The van der Waals surface area contributed by atoms with Crippen LogP contribution in [0.1, 0.15) is 52.6 Å². The van der Waals surface area contributed by atoms with Crippen LogP contribution in [-0.2, 0) is 37.0 Å². The molecular formula is C45H50N4O12. The molecule has 61 heavy (non-hydrogen) atoms. The molecule has 0 spiro atoms. The quantitative estimate of drug-likeness (QED) is 0.0584. The van der Waals surface area contributed by atoms with Crippen LogP contribution in [-0.4, -0.2) is 94.4 Å². The molecule has 0 radical (unpaired) electrons. The molecule has 2 aliphatic heterocycles. The van der Waals surface area contributed by atoms with Gasteiger partial charge >= 0.3 is 18.2 Å². The lowest BCUT2D eigenvalue weighted by atomic mass is 9.65. The van der Waals surface area contributed by atoms with E-state index in [0.29, 0.717) is 49.5 Å². The maximum atomic E-state index is 13.6. The highest BCUT2D eigenvalue weighted by molar-refractivity contribution is 5.82. The van der Waals surface area contributed by atoms with Crippen molar-refractivity contribution in [1.82, 2.24) is 20.9 Å². The van der Waals surface area contributed by atoms with E-state index in [1.54, 1.807) is 17.0 Å². The van der Waals surface area contributed by atoms with E-state index in [9.17, 15) is 24.3 Å². The van der Waals surface area contributed by atoms with Gasteiger partial charge in [-0.2, -0.15) is 0 Å². The molecule has 4 aromatic rings. The number of amides is 3. The number of carbonyl (C=O) groups excluding carboxylic acids is 4. The molecule has 1 fully saturated rings. The van der Waals surface area contributed by atoms with Gasteiger partial charge in [-0.05, 0) is 71.5 Å². The number of phenolic OH excluding ortho intramolecular Hbond substituents is 1. The Morgan fingerprint density at radius 3 is 2.03 bits per heavy atom. The molecule has 4 aromatic carbocycles. The molecule has 2 heterocycles. The molecule has 0 saturated carbocycles. The zero-order chi connectivity index (χ0) is 42.7. The Bertz CT molecular complexity index is 2150. The number of hydrogen-bond donors (Lipinski definition) is 4. The van der Waals surface area contributed by atoms with Crippen LogP contribution >= 0.6 is 0 Å². The lowest BCUT2D eigenvalue weighted by Crippen LogP contribution is -2.45. The molecule has 3 aliphatic rings. The van der Waals surface area contributed by atoms with Gasteiger partial charge in [-0.1, -0.05) is 60.7 Å². The first-order chi connectivity index (χ1) is 29.7. The van der Waals surface area contributed by atoms with E-state index < -0.39 is 42.0 Å². The number of fused-ring (bicyclic) bond motifs is 3. The number of ether oxygens (including phenoxy) is 7. The predicted molar refractivity (Wildman–Crippen MR) is 219 cm³/mol. The summed E-state index contributed by atoms with van der Waals surface area (Å²) >= 11 is 0. The minimum absolute atomic E-state index is 0.0302. The van der Waals surface area contributed by atoms with Gasteiger partial charge in [0.1, 0.15) is 13.2 Å². The van der Waals surface area contributed by atoms with E-state index in [1.807, 2.05) is 72.8 Å². The van der Waals surface area contributed by atoms with E-state index in [4.69, 9.17) is 33.2 Å². The van der Waals surface area contributed by atoms with Crippen molar-refractivity contribution in [2.75, 3.05) is 60.3 Å². The van der Waals surface area contributed by atoms with Crippen LogP contribution in [0, 0.1) is 11.8 Å². The van der Waals surface area contributed by atoms with Crippen molar-refractivity contribution >= 4 is 24.1 Å². The molecule has 4 unspecified atom stereocenters. The molecule has 16 nitrogen and oxygen atoms in total. The van der Waals surface area contributed by atoms with Crippen molar-refractivity contribution in [2.24, 2.45) is 11.8 Å². The topological polar surface area (TPSA) is 192 Å². The number of carbonyl (C=O) groups is 4. The smallest absolute Gasteiger partial charge is 0.410 e. The summed E-state index contributed by atoms with van der Waals surface area (Å²) in [5.74, 6) is -1.16. The number of phenols is 1. The minimum atomic E-state index is -0.687. The number of nitrogens with one attached hydrogen (secondary N) is 3. The first kappa shape index (κ1) is 42.4. The number of esters is 1. The lowest BCUT2D eigenvalue weighted by Gasteiger charge is -2.39. The van der Waals surface area contributed by atoms with Crippen molar-refractivity contribution < 1.29 is 57.4 Å². The molecule has 1 aliphatic carbocycles. The van der Waals surface area contributed by atoms with Gasteiger partial charge in [0.05, 0.1) is 39.3 Å². The summed E-state index contributed by atoms with van der Waals surface area (Å²) < 4.78 is 38.9. The second-order valence-electron chi connectivity index (χ2n) is 14.9. The van der Waals surface area contributed by atoms with E-state index in [0.717, 1.165) is 22.3 Å². The average Bonchev–Trinajstić information content (AvgIpc) is 3.91. The summed E-state index contributed by atoms with van der Waals surface area (Å²) in [6.07, 6.45) is -0.0724. The fourth-order valence-corrected chi connectivity index (χ4v) is 8.00. The molecule has 4 atom stereocenters. The SMILES string of the molecule is COc1cc(C2c3cc4c(cc3C(NC(=O)CNCCCN(CCCNC(=O)OCc3ccccc3)C(=O)OCc3ccccc3)C3COC(=O)C23)OCO4)cc(OC)c1O.